The van der Waals surface area contributed by atoms with Gasteiger partial charge in [-0.25, -0.2) is 14.4 Å². The number of nitrogens with one attached hydrogen (secondary N) is 3. The van der Waals surface area contributed by atoms with Gasteiger partial charge in [0.05, 0.1) is 28.5 Å². The number of anilines is 1. The first kappa shape index (κ1) is 29.8. The lowest BCUT2D eigenvalue weighted by molar-refractivity contribution is 0.0880. The fourth-order valence-electron chi connectivity index (χ4n) is 5.64. The van der Waals surface area contributed by atoms with E-state index in [9.17, 15) is 9.50 Å². The van der Waals surface area contributed by atoms with E-state index in [1.54, 1.807) is 24.8 Å². The van der Waals surface area contributed by atoms with E-state index in [0.717, 1.165) is 41.7 Å². The molecule has 1 atom stereocenters. The maximum atomic E-state index is 14.8. The highest BCUT2D eigenvalue weighted by Crippen LogP contribution is 2.33. The Hall–Kier alpha value is -4.94. The lowest BCUT2D eigenvalue weighted by atomic mass is 9.94. The predicted molar refractivity (Wildman–Crippen MR) is 176 cm³/mol. The number of rotatable bonds is 9. The molecule has 12 heteroatoms. The van der Waals surface area contributed by atoms with Crippen LogP contribution >= 0.6 is 0 Å². The minimum Gasteiger partial charge on any atom is -0.492 e. The fourth-order valence-corrected chi connectivity index (χ4v) is 5.64. The van der Waals surface area contributed by atoms with Gasteiger partial charge in [0.15, 0.2) is 11.5 Å². The maximum Gasteiger partial charge on any atom is 0.181 e. The number of hydrogen-bond donors (Lipinski definition) is 4. The van der Waals surface area contributed by atoms with Crippen LogP contribution in [0, 0.1) is 11.2 Å². The van der Waals surface area contributed by atoms with E-state index < -0.39 is 12.0 Å². The second-order valence-electron chi connectivity index (χ2n) is 12.8. The number of pyridine rings is 3. The van der Waals surface area contributed by atoms with E-state index in [-0.39, 0.29) is 5.41 Å². The molecular weight excluding hydrogens is 585 g/mol. The molecule has 236 valence electrons. The van der Waals surface area contributed by atoms with Gasteiger partial charge in [-0.1, -0.05) is 20.8 Å². The Morgan fingerprint density at radius 1 is 1.02 bits per heavy atom. The molecule has 7 rings (SSSR count). The van der Waals surface area contributed by atoms with Gasteiger partial charge in [-0.05, 0) is 56.3 Å². The molecule has 11 nitrogen and oxygen atoms in total. The number of halogens is 1. The summed E-state index contributed by atoms with van der Waals surface area (Å²) in [5, 5.41) is 21.9. The lowest BCUT2D eigenvalue weighted by Gasteiger charge is -2.27. The topological polar surface area (TPSA) is 141 Å². The third-order valence-electron chi connectivity index (χ3n) is 8.26. The summed E-state index contributed by atoms with van der Waals surface area (Å²) >= 11 is 0. The molecule has 0 radical (unpaired) electrons. The normalized spacial score (nSPS) is 14.7. The largest absolute Gasteiger partial charge is 0.492 e. The smallest absolute Gasteiger partial charge is 0.181 e. The van der Waals surface area contributed by atoms with Gasteiger partial charge in [0.2, 0.25) is 0 Å². The summed E-state index contributed by atoms with van der Waals surface area (Å²) in [7, 11) is 0. The van der Waals surface area contributed by atoms with Gasteiger partial charge in [-0.3, -0.25) is 20.0 Å². The standard InChI is InChI=1S/C34H36FN9O2/c1-34(2,3)33(45)39-24-13-21(17-36-19-24)22-15-26-29(42-43-31(26)38-18-22)32-40-27-6-7-37-28(30(27)41-32)20-12-23(35)16-25(14-20)46-11-10-44-8-4-5-9-44/h6-7,12-19,33,39,45H,4-5,8-11H2,1-3H3,(H,40,41)(H,38,42,43). The molecule has 1 aliphatic heterocycles. The van der Waals surface area contributed by atoms with Crippen LogP contribution in [0.4, 0.5) is 10.1 Å². The van der Waals surface area contributed by atoms with E-state index >= 15 is 0 Å². The van der Waals surface area contributed by atoms with Gasteiger partial charge in [0, 0.05) is 53.3 Å². The minimum absolute atomic E-state index is 0.345. The minimum atomic E-state index is -0.746. The molecule has 0 aliphatic carbocycles. The van der Waals surface area contributed by atoms with Crippen molar-refractivity contribution in [2.45, 2.75) is 39.8 Å². The van der Waals surface area contributed by atoms with Crippen LogP contribution in [0.3, 0.4) is 0 Å². The summed E-state index contributed by atoms with van der Waals surface area (Å²) in [5.74, 6) is 0.609. The molecule has 46 heavy (non-hydrogen) atoms. The Balaban J connectivity index is 1.19. The first-order chi connectivity index (χ1) is 22.2. The number of ether oxygens (including phenoxy) is 1. The van der Waals surface area contributed by atoms with Crippen molar-refractivity contribution in [1.29, 1.82) is 0 Å². The second-order valence-corrected chi connectivity index (χ2v) is 12.8. The Kier molecular flexibility index (Phi) is 7.83. The molecule has 5 aromatic heterocycles. The number of benzene rings is 1. The fraction of sp³-hybridized carbons (Fsp3) is 0.324. The second kappa shape index (κ2) is 12.1. The number of aliphatic hydroxyl groups is 1. The highest BCUT2D eigenvalue weighted by Gasteiger charge is 2.22. The molecule has 0 saturated carbocycles. The number of likely N-dealkylation sites (tertiary alicyclic amines) is 1. The van der Waals surface area contributed by atoms with Crippen molar-refractivity contribution in [3.05, 3.63) is 67.0 Å². The average Bonchev–Trinajstić information content (AvgIpc) is 3.80. The molecule has 0 bridgehead atoms. The van der Waals surface area contributed by atoms with Crippen molar-refractivity contribution in [2.24, 2.45) is 5.41 Å². The zero-order chi connectivity index (χ0) is 31.8. The molecule has 4 N–H and O–H groups in total. The number of aliphatic hydroxyl groups excluding tert-OH is 1. The summed E-state index contributed by atoms with van der Waals surface area (Å²) in [5.41, 5.74) is 5.65. The van der Waals surface area contributed by atoms with Gasteiger partial charge in [0.1, 0.15) is 35.6 Å². The van der Waals surface area contributed by atoms with E-state index in [1.807, 2.05) is 45.0 Å². The quantitative estimate of drug-likeness (QED) is 0.143. The highest BCUT2D eigenvalue weighted by atomic mass is 19.1. The Morgan fingerprint density at radius 3 is 2.67 bits per heavy atom. The van der Waals surface area contributed by atoms with Gasteiger partial charge < -0.3 is 20.1 Å². The first-order valence-corrected chi connectivity index (χ1v) is 15.5. The lowest BCUT2D eigenvalue weighted by Crippen LogP contribution is -2.33. The van der Waals surface area contributed by atoms with Crippen molar-refractivity contribution in [3.63, 3.8) is 0 Å². The third-order valence-corrected chi connectivity index (χ3v) is 8.26. The monoisotopic (exact) mass is 621 g/mol. The molecule has 6 heterocycles. The Morgan fingerprint density at radius 2 is 1.85 bits per heavy atom. The molecule has 1 saturated heterocycles. The van der Waals surface area contributed by atoms with Gasteiger partial charge in [0.25, 0.3) is 0 Å². The molecule has 0 spiro atoms. The maximum absolute atomic E-state index is 14.8. The average molecular weight is 622 g/mol. The number of nitrogens with zero attached hydrogens (tertiary/aromatic N) is 6. The summed E-state index contributed by atoms with van der Waals surface area (Å²) in [6.07, 6.45) is 8.52. The van der Waals surface area contributed by atoms with E-state index in [1.165, 1.54) is 25.0 Å². The van der Waals surface area contributed by atoms with Crippen LogP contribution in [0.1, 0.15) is 33.6 Å². The van der Waals surface area contributed by atoms with Crippen molar-refractivity contribution in [3.8, 4) is 39.7 Å². The molecular formula is C34H36FN9O2. The van der Waals surface area contributed by atoms with Crippen LogP contribution in [0.5, 0.6) is 5.75 Å². The third kappa shape index (κ3) is 6.13. The van der Waals surface area contributed by atoms with Crippen molar-refractivity contribution < 1.29 is 14.2 Å². The van der Waals surface area contributed by atoms with E-state index in [4.69, 9.17) is 9.72 Å². The van der Waals surface area contributed by atoms with Crippen molar-refractivity contribution in [1.82, 2.24) is 40.0 Å². The number of imidazole rings is 1. The number of aromatic amines is 2. The molecule has 1 fully saturated rings. The van der Waals surface area contributed by atoms with Crippen LogP contribution < -0.4 is 10.1 Å². The summed E-state index contributed by atoms with van der Waals surface area (Å²) in [6.45, 7) is 9.34. The van der Waals surface area contributed by atoms with Crippen LogP contribution in [-0.2, 0) is 0 Å². The van der Waals surface area contributed by atoms with Gasteiger partial charge in [-0.15, -0.1) is 0 Å². The van der Waals surface area contributed by atoms with Crippen LogP contribution in [0.15, 0.2) is 61.2 Å². The van der Waals surface area contributed by atoms with E-state index in [0.29, 0.717) is 52.0 Å². The van der Waals surface area contributed by atoms with Crippen molar-refractivity contribution in [2.75, 3.05) is 31.6 Å². The summed E-state index contributed by atoms with van der Waals surface area (Å²) in [6, 6.07) is 10.4. The number of H-pyrrole nitrogens is 2. The first-order valence-electron chi connectivity index (χ1n) is 15.5. The predicted octanol–water partition coefficient (Wildman–Crippen LogP) is 6.02. The highest BCUT2D eigenvalue weighted by molar-refractivity contribution is 5.96. The van der Waals surface area contributed by atoms with Crippen LogP contribution in [0.25, 0.3) is 56.0 Å². The number of aromatic nitrogens is 7. The molecule has 1 aliphatic rings. The molecule has 6 aromatic rings. The van der Waals surface area contributed by atoms with Crippen LogP contribution in [-0.4, -0.2) is 77.6 Å². The zero-order valence-electron chi connectivity index (χ0n) is 26.0. The number of fused-ring (bicyclic) bond motifs is 2. The summed E-state index contributed by atoms with van der Waals surface area (Å²) < 4.78 is 20.7. The van der Waals surface area contributed by atoms with Crippen LogP contribution in [0.2, 0.25) is 0 Å². The summed E-state index contributed by atoms with van der Waals surface area (Å²) in [4.78, 5) is 24.1. The van der Waals surface area contributed by atoms with Crippen molar-refractivity contribution >= 4 is 27.8 Å². The van der Waals surface area contributed by atoms with Gasteiger partial charge in [-0.2, -0.15) is 5.10 Å². The SMILES string of the molecule is CC(C)(C)C(O)Nc1cncc(-c2cnc3n[nH]c(-c4nc5c(-c6cc(F)cc(OCCN7CCCC7)c6)nccc5[nH]4)c3c2)c1. The molecule has 1 aromatic carbocycles. The zero-order valence-corrected chi connectivity index (χ0v) is 26.0. The van der Waals surface area contributed by atoms with Gasteiger partial charge >= 0.3 is 0 Å². The molecule has 0 amide bonds. The number of hydrogen-bond acceptors (Lipinski definition) is 9. The Labute approximate surface area is 265 Å². The Bertz CT molecular complexity index is 2010. The van der Waals surface area contributed by atoms with E-state index in [2.05, 4.69) is 40.3 Å². The molecule has 1 unspecified atom stereocenters.